The summed E-state index contributed by atoms with van der Waals surface area (Å²) in [6.45, 7) is 9.78. The van der Waals surface area contributed by atoms with Crippen LogP contribution in [-0.2, 0) is 0 Å². The third kappa shape index (κ3) is 0.898. The summed E-state index contributed by atoms with van der Waals surface area (Å²) in [7, 11) is 0. The summed E-state index contributed by atoms with van der Waals surface area (Å²) in [5, 5.41) is 0. The summed E-state index contributed by atoms with van der Waals surface area (Å²) in [5.74, 6) is 0.933. The van der Waals surface area contributed by atoms with Gasteiger partial charge in [0.2, 0.25) is 0 Å². The zero-order chi connectivity index (χ0) is 10.9. The fraction of sp³-hybridized carbons (Fsp3) is 0.733. The van der Waals surface area contributed by atoms with Crippen molar-refractivity contribution in [3.8, 4) is 0 Å². The van der Waals surface area contributed by atoms with Gasteiger partial charge in [0.05, 0.1) is 0 Å². The lowest BCUT2D eigenvalue weighted by atomic mass is 9.56. The summed E-state index contributed by atoms with van der Waals surface area (Å²) in [5.41, 5.74) is 3.09. The standard InChI is InChI=1S/C15H22/c1-13(2)8-5-6-12-14(3,4)11-7-9-15(12,13)10-11/h5-6,8,11H,7,9-10H2,1-4H3/t11-,15?/m0/s1. The van der Waals surface area contributed by atoms with E-state index in [1.807, 2.05) is 0 Å². The van der Waals surface area contributed by atoms with Crippen molar-refractivity contribution < 1.29 is 0 Å². The Morgan fingerprint density at radius 2 is 1.93 bits per heavy atom. The Morgan fingerprint density at radius 1 is 1.20 bits per heavy atom. The number of allylic oxidation sites excluding steroid dienone is 4. The molecule has 3 rings (SSSR count). The lowest BCUT2D eigenvalue weighted by Gasteiger charge is -2.48. The van der Waals surface area contributed by atoms with E-state index in [2.05, 4.69) is 45.9 Å². The molecule has 0 aromatic carbocycles. The van der Waals surface area contributed by atoms with Gasteiger partial charge in [-0.1, -0.05) is 51.5 Å². The first kappa shape index (κ1) is 9.69. The predicted octanol–water partition coefficient (Wildman–Crippen LogP) is 4.34. The van der Waals surface area contributed by atoms with Gasteiger partial charge in [-0.2, -0.15) is 0 Å². The molecule has 0 aliphatic heterocycles. The molecular formula is C15H22. The molecule has 0 nitrogen and oxygen atoms in total. The molecule has 0 saturated heterocycles. The van der Waals surface area contributed by atoms with Crippen molar-refractivity contribution in [1.29, 1.82) is 0 Å². The molecule has 0 N–H and O–H groups in total. The lowest BCUT2D eigenvalue weighted by molar-refractivity contribution is 0.158. The van der Waals surface area contributed by atoms with Gasteiger partial charge in [-0.15, -0.1) is 0 Å². The highest BCUT2D eigenvalue weighted by molar-refractivity contribution is 5.42. The van der Waals surface area contributed by atoms with Crippen molar-refractivity contribution in [1.82, 2.24) is 0 Å². The molecule has 0 heteroatoms. The highest BCUT2D eigenvalue weighted by atomic mass is 14.7. The maximum atomic E-state index is 2.46. The van der Waals surface area contributed by atoms with Gasteiger partial charge in [-0.05, 0) is 36.0 Å². The minimum Gasteiger partial charge on any atom is -0.0780 e. The Morgan fingerprint density at radius 3 is 2.60 bits per heavy atom. The summed E-state index contributed by atoms with van der Waals surface area (Å²) in [6.07, 6.45) is 11.4. The van der Waals surface area contributed by atoms with Crippen LogP contribution < -0.4 is 0 Å². The molecule has 0 aromatic heterocycles. The molecule has 82 valence electrons. The Balaban J connectivity index is 2.20. The SMILES string of the molecule is CC1(C)C2=CC=CC(C)(C)C23CC[C@H]1C3. The van der Waals surface area contributed by atoms with E-state index in [4.69, 9.17) is 0 Å². The average Bonchev–Trinajstić information content (AvgIpc) is 2.63. The molecule has 3 aliphatic carbocycles. The molecular weight excluding hydrogens is 180 g/mol. The molecule has 0 aromatic rings. The normalized spacial score (nSPS) is 44.0. The van der Waals surface area contributed by atoms with Gasteiger partial charge in [-0.3, -0.25) is 0 Å². The Hall–Kier alpha value is -0.520. The van der Waals surface area contributed by atoms with E-state index in [1.165, 1.54) is 19.3 Å². The van der Waals surface area contributed by atoms with Crippen LogP contribution in [0.25, 0.3) is 0 Å². The molecule has 2 fully saturated rings. The molecule has 0 heterocycles. The van der Waals surface area contributed by atoms with Crippen molar-refractivity contribution in [3.05, 3.63) is 23.8 Å². The quantitative estimate of drug-likeness (QED) is 0.548. The van der Waals surface area contributed by atoms with Crippen LogP contribution in [0.15, 0.2) is 23.8 Å². The van der Waals surface area contributed by atoms with E-state index in [0.717, 1.165) is 5.92 Å². The zero-order valence-electron chi connectivity index (χ0n) is 10.4. The molecule has 1 spiro atoms. The van der Waals surface area contributed by atoms with Gasteiger partial charge in [0.15, 0.2) is 0 Å². The fourth-order valence-electron chi connectivity index (χ4n) is 4.59. The van der Waals surface area contributed by atoms with Crippen LogP contribution in [0.3, 0.4) is 0 Å². The highest BCUT2D eigenvalue weighted by Gasteiger charge is 2.63. The molecule has 2 bridgehead atoms. The van der Waals surface area contributed by atoms with Crippen LogP contribution in [0.5, 0.6) is 0 Å². The van der Waals surface area contributed by atoms with Crippen LogP contribution in [0.1, 0.15) is 47.0 Å². The Bertz CT molecular complexity index is 365. The summed E-state index contributed by atoms with van der Waals surface area (Å²) in [4.78, 5) is 0. The van der Waals surface area contributed by atoms with Gasteiger partial charge in [0, 0.05) is 5.41 Å². The first-order chi connectivity index (χ1) is 6.90. The second-order valence-corrected chi connectivity index (χ2v) is 6.90. The number of rotatable bonds is 0. The maximum Gasteiger partial charge on any atom is 0.000921 e. The monoisotopic (exact) mass is 202 g/mol. The highest BCUT2D eigenvalue weighted by Crippen LogP contribution is 2.72. The molecule has 0 radical (unpaired) electrons. The van der Waals surface area contributed by atoms with Crippen LogP contribution >= 0.6 is 0 Å². The van der Waals surface area contributed by atoms with Crippen molar-refractivity contribution in [3.63, 3.8) is 0 Å². The molecule has 2 saturated carbocycles. The van der Waals surface area contributed by atoms with Crippen LogP contribution in [0.4, 0.5) is 0 Å². The third-order valence-corrected chi connectivity index (χ3v) is 5.75. The molecule has 3 aliphatic rings. The fourth-order valence-corrected chi connectivity index (χ4v) is 4.59. The maximum absolute atomic E-state index is 2.46. The van der Waals surface area contributed by atoms with Gasteiger partial charge in [0.1, 0.15) is 0 Å². The van der Waals surface area contributed by atoms with E-state index in [-0.39, 0.29) is 0 Å². The zero-order valence-corrected chi connectivity index (χ0v) is 10.4. The summed E-state index contributed by atoms with van der Waals surface area (Å²) >= 11 is 0. The third-order valence-electron chi connectivity index (χ3n) is 5.75. The first-order valence-corrected chi connectivity index (χ1v) is 6.31. The van der Waals surface area contributed by atoms with Gasteiger partial charge < -0.3 is 0 Å². The van der Waals surface area contributed by atoms with Crippen LogP contribution in [0.2, 0.25) is 0 Å². The predicted molar refractivity (Wildman–Crippen MR) is 64.6 cm³/mol. The van der Waals surface area contributed by atoms with Crippen molar-refractivity contribution in [2.45, 2.75) is 47.0 Å². The topological polar surface area (TPSA) is 0 Å². The van der Waals surface area contributed by atoms with Gasteiger partial charge in [-0.25, -0.2) is 0 Å². The largest absolute Gasteiger partial charge is 0.0780 e. The van der Waals surface area contributed by atoms with Crippen molar-refractivity contribution >= 4 is 0 Å². The second kappa shape index (κ2) is 2.42. The Kier molecular flexibility index (Phi) is 1.56. The van der Waals surface area contributed by atoms with Gasteiger partial charge in [0.25, 0.3) is 0 Å². The minimum atomic E-state index is 0.375. The van der Waals surface area contributed by atoms with E-state index < -0.39 is 0 Å². The van der Waals surface area contributed by atoms with Gasteiger partial charge >= 0.3 is 0 Å². The summed E-state index contributed by atoms with van der Waals surface area (Å²) < 4.78 is 0. The van der Waals surface area contributed by atoms with Crippen LogP contribution in [-0.4, -0.2) is 0 Å². The number of hydrogen-bond donors (Lipinski definition) is 0. The second-order valence-electron chi connectivity index (χ2n) is 6.90. The average molecular weight is 202 g/mol. The lowest BCUT2D eigenvalue weighted by Crippen LogP contribution is -2.39. The molecule has 1 unspecified atom stereocenters. The molecule has 2 atom stereocenters. The number of hydrogen-bond acceptors (Lipinski definition) is 0. The van der Waals surface area contributed by atoms with E-state index in [0.29, 0.717) is 16.2 Å². The molecule has 15 heavy (non-hydrogen) atoms. The smallest absolute Gasteiger partial charge is 0.000921 e. The van der Waals surface area contributed by atoms with E-state index >= 15 is 0 Å². The summed E-state index contributed by atoms with van der Waals surface area (Å²) in [6, 6.07) is 0. The Labute approximate surface area is 93.5 Å². The van der Waals surface area contributed by atoms with E-state index in [9.17, 15) is 0 Å². The van der Waals surface area contributed by atoms with Crippen molar-refractivity contribution in [2.75, 3.05) is 0 Å². The first-order valence-electron chi connectivity index (χ1n) is 6.31. The number of fused-ring (bicyclic) bond motifs is 1. The van der Waals surface area contributed by atoms with Crippen molar-refractivity contribution in [2.24, 2.45) is 22.2 Å². The van der Waals surface area contributed by atoms with E-state index in [1.54, 1.807) is 5.57 Å². The minimum absolute atomic E-state index is 0.375. The van der Waals surface area contributed by atoms with Crippen LogP contribution in [0, 0.1) is 22.2 Å². The molecule has 0 amide bonds.